The Balaban J connectivity index is 2.48. The van der Waals surface area contributed by atoms with Crippen molar-refractivity contribution in [3.8, 4) is 5.75 Å². The van der Waals surface area contributed by atoms with Crippen molar-refractivity contribution in [1.82, 2.24) is 5.48 Å². The van der Waals surface area contributed by atoms with E-state index in [1.807, 2.05) is 13.8 Å². The predicted octanol–water partition coefficient (Wildman–Crippen LogP) is 3.23. The minimum atomic E-state index is -0.514. The summed E-state index contributed by atoms with van der Waals surface area (Å²) in [7, 11) is 1.54. The van der Waals surface area contributed by atoms with Gasteiger partial charge in [-0.1, -0.05) is 17.7 Å². The van der Waals surface area contributed by atoms with Crippen molar-refractivity contribution in [2.45, 2.75) is 31.9 Å². The monoisotopic (exact) mass is 259 g/mol. The predicted molar refractivity (Wildman–Crippen MR) is 63.6 cm³/mol. The highest BCUT2D eigenvalue weighted by atomic mass is 35.5. The summed E-state index contributed by atoms with van der Waals surface area (Å²) >= 11 is 5.76. The molecule has 1 atom stereocenters. The molecule has 1 aliphatic heterocycles. The molecule has 1 heterocycles. The van der Waals surface area contributed by atoms with E-state index >= 15 is 0 Å². The third-order valence-electron chi connectivity index (χ3n) is 2.79. The van der Waals surface area contributed by atoms with Crippen molar-refractivity contribution in [2.24, 2.45) is 0 Å². The van der Waals surface area contributed by atoms with Crippen LogP contribution in [0.15, 0.2) is 12.1 Å². The van der Waals surface area contributed by atoms with Crippen molar-refractivity contribution in [1.29, 1.82) is 0 Å². The first kappa shape index (κ1) is 12.6. The van der Waals surface area contributed by atoms with Crippen molar-refractivity contribution >= 4 is 11.6 Å². The highest BCUT2D eigenvalue weighted by molar-refractivity contribution is 6.30. The Hall–Kier alpha value is -0.840. The van der Waals surface area contributed by atoms with Crippen LogP contribution in [-0.2, 0) is 4.84 Å². The number of hydrogen-bond acceptors (Lipinski definition) is 3. The van der Waals surface area contributed by atoms with Crippen LogP contribution < -0.4 is 10.2 Å². The van der Waals surface area contributed by atoms with Crippen molar-refractivity contribution in [3.05, 3.63) is 28.5 Å². The van der Waals surface area contributed by atoms with Crippen LogP contribution in [0.3, 0.4) is 0 Å². The largest absolute Gasteiger partial charge is 0.484 e. The van der Waals surface area contributed by atoms with Gasteiger partial charge in [-0.2, -0.15) is 5.48 Å². The molecule has 94 valence electrons. The second-order valence-electron chi connectivity index (χ2n) is 4.72. The lowest BCUT2D eigenvalue weighted by Gasteiger charge is -2.37. The van der Waals surface area contributed by atoms with Gasteiger partial charge in [-0.05, 0) is 19.9 Å². The first-order chi connectivity index (χ1) is 7.94. The third kappa shape index (κ3) is 2.39. The second kappa shape index (κ2) is 4.44. The van der Waals surface area contributed by atoms with Crippen LogP contribution >= 0.6 is 11.6 Å². The van der Waals surface area contributed by atoms with E-state index in [-0.39, 0.29) is 16.8 Å². The number of nitrogens with one attached hydrogen (secondary N) is 1. The van der Waals surface area contributed by atoms with Crippen molar-refractivity contribution in [2.75, 3.05) is 7.11 Å². The zero-order valence-electron chi connectivity index (χ0n) is 10.0. The highest BCUT2D eigenvalue weighted by Gasteiger charge is 2.36. The van der Waals surface area contributed by atoms with E-state index in [1.54, 1.807) is 6.07 Å². The van der Waals surface area contributed by atoms with Crippen LogP contribution in [0.2, 0.25) is 5.02 Å². The van der Waals surface area contributed by atoms with Crippen LogP contribution in [0.4, 0.5) is 4.39 Å². The highest BCUT2D eigenvalue weighted by Crippen LogP contribution is 2.42. The van der Waals surface area contributed by atoms with E-state index in [1.165, 1.54) is 13.2 Å². The van der Waals surface area contributed by atoms with E-state index in [0.29, 0.717) is 6.42 Å². The smallest absolute Gasteiger partial charge is 0.183 e. The van der Waals surface area contributed by atoms with Gasteiger partial charge >= 0.3 is 0 Å². The van der Waals surface area contributed by atoms with E-state index in [4.69, 9.17) is 21.2 Å². The van der Waals surface area contributed by atoms with Crippen LogP contribution in [0.1, 0.15) is 31.9 Å². The van der Waals surface area contributed by atoms with Gasteiger partial charge in [0.1, 0.15) is 5.60 Å². The van der Waals surface area contributed by atoms with Gasteiger partial charge in [0.15, 0.2) is 11.6 Å². The van der Waals surface area contributed by atoms with E-state index in [9.17, 15) is 4.39 Å². The number of halogens is 2. The minimum Gasteiger partial charge on any atom is -0.484 e. The summed E-state index contributed by atoms with van der Waals surface area (Å²) in [6, 6.07) is 3.18. The molecule has 2 rings (SSSR count). The number of benzene rings is 1. The Morgan fingerprint density at radius 1 is 1.53 bits per heavy atom. The van der Waals surface area contributed by atoms with E-state index in [2.05, 4.69) is 5.48 Å². The van der Waals surface area contributed by atoms with Gasteiger partial charge in [-0.25, -0.2) is 4.39 Å². The van der Waals surface area contributed by atoms with Crippen LogP contribution in [0.5, 0.6) is 5.75 Å². The van der Waals surface area contributed by atoms with Crippen molar-refractivity contribution < 1.29 is 14.0 Å². The fourth-order valence-electron chi connectivity index (χ4n) is 2.09. The molecular weight excluding hydrogens is 245 g/mol. The summed E-state index contributed by atoms with van der Waals surface area (Å²) < 4.78 is 19.6. The molecule has 0 spiro atoms. The SMILES string of the molecule is CONC1CC(C)(C)Oc2c1ccc(Cl)c2F. The van der Waals surface area contributed by atoms with Gasteiger partial charge in [-0.3, -0.25) is 0 Å². The molecule has 3 nitrogen and oxygen atoms in total. The number of hydrogen-bond donors (Lipinski definition) is 1. The summed E-state index contributed by atoms with van der Waals surface area (Å²) in [4.78, 5) is 4.94. The molecule has 5 heteroatoms. The standard InChI is InChI=1S/C12H15ClFNO2/c1-12(2)6-9(15-16-3)7-4-5-8(13)10(14)11(7)17-12/h4-5,9,15H,6H2,1-3H3. The Morgan fingerprint density at radius 3 is 2.88 bits per heavy atom. The zero-order chi connectivity index (χ0) is 12.6. The lowest BCUT2D eigenvalue weighted by molar-refractivity contribution is 0.000778. The molecule has 1 aromatic carbocycles. The first-order valence-corrected chi connectivity index (χ1v) is 5.78. The topological polar surface area (TPSA) is 30.5 Å². The van der Waals surface area contributed by atoms with Gasteiger partial charge in [0.2, 0.25) is 0 Å². The molecule has 0 radical (unpaired) electrons. The molecule has 1 aliphatic rings. The molecule has 1 aromatic rings. The molecule has 0 saturated carbocycles. The van der Waals surface area contributed by atoms with E-state index < -0.39 is 11.4 Å². The molecule has 1 N–H and O–H groups in total. The Bertz CT molecular complexity index is 437. The van der Waals surface area contributed by atoms with Crippen LogP contribution in [-0.4, -0.2) is 12.7 Å². The number of hydroxylamine groups is 1. The molecular formula is C12H15ClFNO2. The van der Waals surface area contributed by atoms with Gasteiger partial charge in [0, 0.05) is 12.0 Å². The maximum Gasteiger partial charge on any atom is 0.183 e. The maximum absolute atomic E-state index is 13.9. The van der Waals surface area contributed by atoms with Gasteiger partial charge < -0.3 is 9.57 Å². The summed E-state index contributed by atoms with van der Waals surface area (Å²) in [5.74, 6) is -0.303. The second-order valence-corrected chi connectivity index (χ2v) is 5.13. The zero-order valence-corrected chi connectivity index (χ0v) is 10.8. The molecule has 0 bridgehead atoms. The number of rotatable bonds is 2. The number of ether oxygens (including phenoxy) is 1. The van der Waals surface area contributed by atoms with Crippen LogP contribution in [0.25, 0.3) is 0 Å². The van der Waals surface area contributed by atoms with Crippen molar-refractivity contribution in [3.63, 3.8) is 0 Å². The minimum absolute atomic E-state index is 0.0672. The molecule has 1 unspecified atom stereocenters. The molecule has 17 heavy (non-hydrogen) atoms. The summed E-state index contributed by atoms with van der Waals surface area (Å²) in [5, 5.41) is 0.0672. The maximum atomic E-state index is 13.9. The Kier molecular flexibility index (Phi) is 3.30. The lowest BCUT2D eigenvalue weighted by Crippen LogP contribution is -2.39. The van der Waals surface area contributed by atoms with Crippen LogP contribution in [0, 0.1) is 5.82 Å². The molecule has 0 aromatic heterocycles. The third-order valence-corrected chi connectivity index (χ3v) is 3.08. The Labute approximate surface area is 105 Å². The molecule has 0 saturated heterocycles. The average molecular weight is 260 g/mol. The molecule has 0 amide bonds. The number of fused-ring (bicyclic) bond motifs is 1. The van der Waals surface area contributed by atoms with Gasteiger partial charge in [0.25, 0.3) is 0 Å². The normalized spacial score (nSPS) is 21.8. The Morgan fingerprint density at radius 2 is 2.24 bits per heavy atom. The summed E-state index contributed by atoms with van der Waals surface area (Å²) in [6.45, 7) is 3.81. The quantitative estimate of drug-likeness (QED) is 0.827. The molecule has 0 fully saturated rings. The lowest BCUT2D eigenvalue weighted by atomic mass is 9.90. The fourth-order valence-corrected chi connectivity index (χ4v) is 2.24. The van der Waals surface area contributed by atoms with Gasteiger partial charge in [0.05, 0.1) is 18.2 Å². The molecule has 0 aliphatic carbocycles. The fraction of sp³-hybridized carbons (Fsp3) is 0.500. The van der Waals surface area contributed by atoms with E-state index in [0.717, 1.165) is 5.56 Å². The van der Waals surface area contributed by atoms with Gasteiger partial charge in [-0.15, -0.1) is 0 Å². The summed E-state index contributed by atoms with van der Waals surface area (Å²) in [6.07, 6.45) is 0.689. The first-order valence-electron chi connectivity index (χ1n) is 5.40. The summed E-state index contributed by atoms with van der Waals surface area (Å²) in [5.41, 5.74) is 3.12. The average Bonchev–Trinajstić information content (AvgIpc) is 2.23.